The van der Waals surface area contributed by atoms with Gasteiger partial charge in [-0.1, -0.05) is 32.4 Å². The van der Waals surface area contributed by atoms with E-state index in [1.165, 1.54) is 6.33 Å². The van der Waals surface area contributed by atoms with Crippen LogP contribution < -0.4 is 0 Å². The molecule has 18 heavy (non-hydrogen) atoms. The maximum atomic E-state index is 6.10. The Morgan fingerprint density at radius 3 is 2.50 bits per heavy atom. The summed E-state index contributed by atoms with van der Waals surface area (Å²) in [5, 5.41) is 4.96. The molecule has 0 radical (unpaired) electrons. The summed E-state index contributed by atoms with van der Waals surface area (Å²) in [6.07, 6.45) is 3.83. The maximum absolute atomic E-state index is 6.10. The molecule has 0 atom stereocenters. The van der Waals surface area contributed by atoms with E-state index in [0.29, 0.717) is 5.15 Å². The summed E-state index contributed by atoms with van der Waals surface area (Å²) in [7, 11) is 0. The minimum Gasteiger partial charge on any atom is -0.224 e. The molecule has 0 saturated carbocycles. The Hall–Kier alpha value is -1.49. The van der Waals surface area contributed by atoms with Crippen LogP contribution in [0.2, 0.25) is 5.15 Å². The van der Waals surface area contributed by atoms with Gasteiger partial charge in [-0.3, -0.25) is 0 Å². The van der Waals surface area contributed by atoms with E-state index in [-0.39, 0.29) is 0 Å². The number of hydrogen-bond donors (Lipinski definition) is 0. The molecule has 2 aromatic heterocycles. The molecule has 0 unspecified atom stereocenters. The van der Waals surface area contributed by atoms with Crippen LogP contribution in [0.4, 0.5) is 0 Å². The summed E-state index contributed by atoms with van der Waals surface area (Å²) in [6.45, 7) is 6.11. The predicted molar refractivity (Wildman–Crippen MR) is 70.1 cm³/mol. The highest BCUT2D eigenvalue weighted by atomic mass is 35.5. The van der Waals surface area contributed by atoms with Gasteiger partial charge in [-0.25, -0.2) is 15.0 Å². The molecule has 5 nitrogen and oxygen atoms in total. The van der Waals surface area contributed by atoms with Crippen molar-refractivity contribution in [1.29, 1.82) is 0 Å². The molecule has 0 aliphatic rings. The molecule has 0 aromatic carbocycles. The van der Waals surface area contributed by atoms with E-state index in [0.717, 1.165) is 42.3 Å². The van der Waals surface area contributed by atoms with Crippen molar-refractivity contribution in [2.45, 2.75) is 40.0 Å². The van der Waals surface area contributed by atoms with Crippen LogP contribution in [0.3, 0.4) is 0 Å². The molecule has 2 rings (SSSR count). The molecule has 0 saturated heterocycles. The van der Waals surface area contributed by atoms with Crippen molar-refractivity contribution in [3.05, 3.63) is 28.7 Å². The summed E-state index contributed by atoms with van der Waals surface area (Å²) >= 11 is 6.10. The fourth-order valence-corrected chi connectivity index (χ4v) is 2.07. The number of nitrogens with zero attached hydrogens (tertiary/aromatic N) is 5. The molecule has 96 valence electrons. The molecular weight excluding hydrogens is 250 g/mol. The monoisotopic (exact) mass is 265 g/mol. The Bertz CT molecular complexity index is 549. The zero-order chi connectivity index (χ0) is 13.1. The normalized spacial score (nSPS) is 10.9. The SMILES string of the molecule is CCc1nc(CC)n(-c2ncnc(Cl)c2CC)n1. The Kier molecular flexibility index (Phi) is 3.91. The fourth-order valence-electron chi connectivity index (χ4n) is 1.81. The van der Waals surface area contributed by atoms with E-state index in [2.05, 4.69) is 20.1 Å². The highest BCUT2D eigenvalue weighted by Crippen LogP contribution is 2.20. The fraction of sp³-hybridized carbons (Fsp3) is 0.500. The first kappa shape index (κ1) is 13.0. The largest absolute Gasteiger partial charge is 0.224 e. The van der Waals surface area contributed by atoms with Crippen LogP contribution >= 0.6 is 11.6 Å². The van der Waals surface area contributed by atoms with Crippen LogP contribution in [0.1, 0.15) is 38.0 Å². The molecule has 0 N–H and O–H groups in total. The predicted octanol–water partition coefficient (Wildman–Crippen LogP) is 2.40. The Balaban J connectivity index is 2.60. The van der Waals surface area contributed by atoms with E-state index in [1.807, 2.05) is 20.8 Å². The lowest BCUT2D eigenvalue weighted by molar-refractivity contribution is 0.753. The van der Waals surface area contributed by atoms with Crippen LogP contribution in [0.5, 0.6) is 0 Å². The van der Waals surface area contributed by atoms with Gasteiger partial charge in [0.05, 0.1) is 0 Å². The number of aromatic nitrogens is 5. The standard InChI is InChI=1S/C12H16ClN5/c1-4-8-11(13)14-7-15-12(8)18-10(6-3)16-9(5-2)17-18/h7H,4-6H2,1-3H3. The molecule has 0 spiro atoms. The minimum atomic E-state index is 0.484. The first-order valence-electron chi connectivity index (χ1n) is 6.15. The molecule has 0 bridgehead atoms. The highest BCUT2D eigenvalue weighted by Gasteiger charge is 2.15. The Labute approximate surface area is 111 Å². The third-order valence-corrected chi connectivity index (χ3v) is 3.10. The number of aryl methyl sites for hydroxylation is 2. The topological polar surface area (TPSA) is 56.5 Å². The molecule has 0 aliphatic carbocycles. The number of hydrogen-bond acceptors (Lipinski definition) is 4. The van der Waals surface area contributed by atoms with E-state index in [4.69, 9.17) is 11.6 Å². The molecule has 0 aliphatic heterocycles. The quantitative estimate of drug-likeness (QED) is 0.797. The molecule has 0 amide bonds. The summed E-state index contributed by atoms with van der Waals surface area (Å²) in [4.78, 5) is 12.8. The van der Waals surface area contributed by atoms with Crippen molar-refractivity contribution < 1.29 is 0 Å². The Morgan fingerprint density at radius 2 is 1.89 bits per heavy atom. The van der Waals surface area contributed by atoms with Crippen molar-refractivity contribution in [3.63, 3.8) is 0 Å². The highest BCUT2D eigenvalue weighted by molar-refractivity contribution is 6.30. The Morgan fingerprint density at radius 1 is 1.11 bits per heavy atom. The van der Waals surface area contributed by atoms with E-state index < -0.39 is 0 Å². The second-order valence-corrected chi connectivity index (χ2v) is 4.24. The van der Waals surface area contributed by atoms with Crippen LogP contribution in [0.15, 0.2) is 6.33 Å². The van der Waals surface area contributed by atoms with Gasteiger partial charge in [0, 0.05) is 18.4 Å². The molecule has 6 heteroatoms. The summed E-state index contributed by atoms with van der Waals surface area (Å²) in [5.74, 6) is 2.46. The average Bonchev–Trinajstić information content (AvgIpc) is 2.81. The summed E-state index contributed by atoms with van der Waals surface area (Å²) < 4.78 is 1.78. The lowest BCUT2D eigenvalue weighted by Gasteiger charge is -2.08. The second-order valence-electron chi connectivity index (χ2n) is 3.88. The lowest BCUT2D eigenvalue weighted by atomic mass is 10.2. The first-order chi connectivity index (χ1) is 8.71. The zero-order valence-electron chi connectivity index (χ0n) is 10.8. The van der Waals surface area contributed by atoms with Crippen LogP contribution in [-0.2, 0) is 19.3 Å². The van der Waals surface area contributed by atoms with E-state index in [9.17, 15) is 0 Å². The maximum Gasteiger partial charge on any atom is 0.163 e. The summed E-state index contributed by atoms with van der Waals surface area (Å²) in [6, 6.07) is 0. The van der Waals surface area contributed by atoms with Crippen molar-refractivity contribution in [3.8, 4) is 5.82 Å². The third kappa shape index (κ3) is 2.22. The van der Waals surface area contributed by atoms with Crippen LogP contribution in [0, 0.1) is 0 Å². The zero-order valence-corrected chi connectivity index (χ0v) is 11.6. The number of rotatable bonds is 4. The van der Waals surface area contributed by atoms with Crippen molar-refractivity contribution in [1.82, 2.24) is 24.7 Å². The number of halogens is 1. The minimum absolute atomic E-state index is 0.484. The van der Waals surface area contributed by atoms with Gasteiger partial charge in [-0.2, -0.15) is 4.68 Å². The van der Waals surface area contributed by atoms with Gasteiger partial charge in [0.25, 0.3) is 0 Å². The third-order valence-electron chi connectivity index (χ3n) is 2.77. The molecule has 2 aromatic rings. The van der Waals surface area contributed by atoms with Gasteiger partial charge >= 0.3 is 0 Å². The molecular formula is C12H16ClN5. The average molecular weight is 266 g/mol. The van der Waals surface area contributed by atoms with Gasteiger partial charge < -0.3 is 0 Å². The van der Waals surface area contributed by atoms with Crippen LogP contribution in [-0.4, -0.2) is 24.7 Å². The van der Waals surface area contributed by atoms with Gasteiger partial charge in [0.1, 0.15) is 17.3 Å². The van der Waals surface area contributed by atoms with Crippen LogP contribution in [0.25, 0.3) is 5.82 Å². The summed E-state index contributed by atoms with van der Waals surface area (Å²) in [5.41, 5.74) is 0.904. The molecule has 0 fully saturated rings. The van der Waals surface area contributed by atoms with Gasteiger partial charge in [-0.15, -0.1) is 5.10 Å². The van der Waals surface area contributed by atoms with Gasteiger partial charge in [0.2, 0.25) is 0 Å². The van der Waals surface area contributed by atoms with E-state index >= 15 is 0 Å². The van der Waals surface area contributed by atoms with Gasteiger partial charge in [-0.05, 0) is 6.42 Å². The van der Waals surface area contributed by atoms with Crippen molar-refractivity contribution in [2.24, 2.45) is 0 Å². The first-order valence-corrected chi connectivity index (χ1v) is 6.53. The lowest BCUT2D eigenvalue weighted by Crippen LogP contribution is -2.09. The van der Waals surface area contributed by atoms with E-state index in [1.54, 1.807) is 4.68 Å². The van der Waals surface area contributed by atoms with Crippen molar-refractivity contribution >= 4 is 11.6 Å². The van der Waals surface area contributed by atoms with Gasteiger partial charge in [0.15, 0.2) is 11.6 Å². The van der Waals surface area contributed by atoms with Crippen molar-refractivity contribution in [2.75, 3.05) is 0 Å². The second kappa shape index (κ2) is 5.44. The molecule has 2 heterocycles. The smallest absolute Gasteiger partial charge is 0.163 e.